The number of imide groups is 1. The smallest absolute Gasteiger partial charge is 0.240 e. The van der Waals surface area contributed by atoms with Gasteiger partial charge < -0.3 is 5.32 Å². The number of hydrogen-bond acceptors (Lipinski definition) is 3. The van der Waals surface area contributed by atoms with Crippen molar-refractivity contribution in [2.45, 2.75) is 52.0 Å². The normalized spacial score (nSPS) is 19.5. The first-order valence-electron chi connectivity index (χ1n) is 8.78. The summed E-state index contributed by atoms with van der Waals surface area (Å²) in [6.45, 7) is 1.66. The third-order valence-electron chi connectivity index (χ3n) is 5.31. The van der Waals surface area contributed by atoms with Gasteiger partial charge in [-0.15, -0.1) is 0 Å². The van der Waals surface area contributed by atoms with Crippen LogP contribution in [0.5, 0.6) is 0 Å². The van der Waals surface area contributed by atoms with Crippen molar-refractivity contribution in [1.29, 1.82) is 0 Å². The van der Waals surface area contributed by atoms with E-state index in [2.05, 4.69) is 5.32 Å². The molecule has 0 atom stereocenters. The van der Waals surface area contributed by atoms with Crippen LogP contribution in [0.15, 0.2) is 18.2 Å². The van der Waals surface area contributed by atoms with Gasteiger partial charge in [0.1, 0.15) is 12.4 Å². The lowest BCUT2D eigenvalue weighted by Crippen LogP contribution is -2.42. The number of rotatable bonds is 4. The molecule has 2 fully saturated rings. The topological polar surface area (TPSA) is 66.5 Å². The Hall–Kier alpha value is -2.24. The van der Waals surface area contributed by atoms with Crippen molar-refractivity contribution in [1.82, 2.24) is 10.2 Å². The predicted octanol–water partition coefficient (Wildman–Crippen LogP) is 2.46. The molecule has 1 aliphatic carbocycles. The standard InChI is InChI=1S/C19H23FN2O3/c1-13-9-14(5-6-15(13)20)11-21-16(23)12-22-17(24)10-19(18(22)25)7-3-2-4-8-19/h5-6,9H,2-4,7-8,10-12H2,1H3,(H,21,23). The maximum absolute atomic E-state index is 13.3. The highest BCUT2D eigenvalue weighted by molar-refractivity contribution is 6.08. The Balaban J connectivity index is 1.58. The monoisotopic (exact) mass is 346 g/mol. The molecule has 25 heavy (non-hydrogen) atoms. The van der Waals surface area contributed by atoms with Crippen molar-refractivity contribution in [3.63, 3.8) is 0 Å². The zero-order valence-electron chi connectivity index (χ0n) is 14.4. The highest BCUT2D eigenvalue weighted by Crippen LogP contribution is 2.45. The highest BCUT2D eigenvalue weighted by Gasteiger charge is 2.51. The van der Waals surface area contributed by atoms with Crippen LogP contribution in [0.3, 0.4) is 0 Å². The number of amides is 3. The predicted molar refractivity (Wildman–Crippen MR) is 89.8 cm³/mol. The van der Waals surface area contributed by atoms with E-state index in [9.17, 15) is 18.8 Å². The van der Waals surface area contributed by atoms with Crippen LogP contribution in [0.25, 0.3) is 0 Å². The molecular formula is C19H23FN2O3. The molecule has 0 unspecified atom stereocenters. The van der Waals surface area contributed by atoms with Crippen LogP contribution in [0.4, 0.5) is 4.39 Å². The zero-order chi connectivity index (χ0) is 18.0. The number of nitrogens with zero attached hydrogens (tertiary/aromatic N) is 1. The number of hydrogen-bond donors (Lipinski definition) is 1. The quantitative estimate of drug-likeness (QED) is 0.852. The van der Waals surface area contributed by atoms with E-state index < -0.39 is 5.41 Å². The van der Waals surface area contributed by atoms with E-state index in [0.717, 1.165) is 42.6 Å². The van der Waals surface area contributed by atoms with Crippen molar-refractivity contribution < 1.29 is 18.8 Å². The Morgan fingerprint density at radius 2 is 1.96 bits per heavy atom. The van der Waals surface area contributed by atoms with Gasteiger partial charge in [-0.05, 0) is 37.0 Å². The van der Waals surface area contributed by atoms with Gasteiger partial charge in [-0.2, -0.15) is 0 Å². The van der Waals surface area contributed by atoms with Crippen molar-refractivity contribution in [2.24, 2.45) is 5.41 Å². The van der Waals surface area contributed by atoms with Crippen molar-refractivity contribution in [3.8, 4) is 0 Å². The lowest BCUT2D eigenvalue weighted by Gasteiger charge is -2.30. The van der Waals surface area contributed by atoms with E-state index in [1.54, 1.807) is 19.1 Å². The van der Waals surface area contributed by atoms with E-state index >= 15 is 0 Å². The number of nitrogens with one attached hydrogen (secondary N) is 1. The summed E-state index contributed by atoms with van der Waals surface area (Å²) in [6, 6.07) is 4.63. The zero-order valence-corrected chi connectivity index (χ0v) is 14.4. The van der Waals surface area contributed by atoms with Crippen LogP contribution in [0, 0.1) is 18.2 Å². The number of benzene rings is 1. The summed E-state index contributed by atoms with van der Waals surface area (Å²) in [7, 11) is 0. The molecule has 3 rings (SSSR count). The van der Waals surface area contributed by atoms with Gasteiger partial charge in [-0.3, -0.25) is 19.3 Å². The molecule has 0 aromatic heterocycles. The molecule has 1 aromatic rings. The minimum atomic E-state index is -0.566. The van der Waals surface area contributed by atoms with Gasteiger partial charge >= 0.3 is 0 Å². The minimum absolute atomic E-state index is 0.190. The van der Waals surface area contributed by atoms with Gasteiger partial charge in [0.15, 0.2) is 0 Å². The Morgan fingerprint density at radius 1 is 1.24 bits per heavy atom. The molecule has 0 radical (unpaired) electrons. The molecule has 1 aliphatic heterocycles. The summed E-state index contributed by atoms with van der Waals surface area (Å²) in [6.07, 6.45) is 4.73. The molecule has 1 saturated heterocycles. The van der Waals surface area contributed by atoms with Crippen molar-refractivity contribution in [3.05, 3.63) is 35.1 Å². The number of carbonyl (C=O) groups excluding carboxylic acids is 3. The maximum atomic E-state index is 13.3. The van der Waals surface area contributed by atoms with Crippen LogP contribution in [0.2, 0.25) is 0 Å². The van der Waals surface area contributed by atoms with Gasteiger partial charge in [0.2, 0.25) is 17.7 Å². The third kappa shape index (κ3) is 3.57. The summed E-state index contributed by atoms with van der Waals surface area (Å²) in [5.41, 5.74) is 0.718. The van der Waals surface area contributed by atoms with Crippen molar-refractivity contribution in [2.75, 3.05) is 6.54 Å². The fraction of sp³-hybridized carbons (Fsp3) is 0.526. The molecule has 134 valence electrons. The molecule has 1 N–H and O–H groups in total. The van der Waals surface area contributed by atoms with E-state index in [0.29, 0.717) is 5.56 Å². The Kier molecular flexibility index (Phi) is 4.88. The fourth-order valence-electron chi connectivity index (χ4n) is 3.86. The second-order valence-electron chi connectivity index (χ2n) is 7.16. The van der Waals surface area contributed by atoms with Crippen LogP contribution < -0.4 is 5.32 Å². The number of aryl methyl sites for hydroxylation is 1. The number of likely N-dealkylation sites (tertiary alicyclic amines) is 1. The van der Waals surface area contributed by atoms with Crippen LogP contribution in [-0.4, -0.2) is 29.2 Å². The van der Waals surface area contributed by atoms with E-state index in [1.807, 2.05) is 0 Å². The first-order chi connectivity index (χ1) is 11.9. The first-order valence-corrected chi connectivity index (χ1v) is 8.78. The Morgan fingerprint density at radius 3 is 2.64 bits per heavy atom. The Labute approximate surface area is 146 Å². The summed E-state index contributed by atoms with van der Waals surface area (Å²) in [4.78, 5) is 38.2. The molecule has 3 amide bonds. The van der Waals surface area contributed by atoms with E-state index in [4.69, 9.17) is 0 Å². The van der Waals surface area contributed by atoms with Gasteiger partial charge in [0.05, 0.1) is 5.41 Å². The summed E-state index contributed by atoms with van der Waals surface area (Å²) >= 11 is 0. The highest BCUT2D eigenvalue weighted by atomic mass is 19.1. The molecular weight excluding hydrogens is 323 g/mol. The SMILES string of the molecule is Cc1cc(CNC(=O)CN2C(=O)CC3(CCCCC3)C2=O)ccc1F. The molecule has 5 nitrogen and oxygen atoms in total. The van der Waals surface area contributed by atoms with Crippen LogP contribution in [0.1, 0.15) is 49.7 Å². The second kappa shape index (κ2) is 6.94. The molecule has 2 aliphatic rings. The largest absolute Gasteiger partial charge is 0.350 e. The second-order valence-corrected chi connectivity index (χ2v) is 7.16. The summed E-state index contributed by atoms with van der Waals surface area (Å²) in [5, 5.41) is 2.70. The maximum Gasteiger partial charge on any atom is 0.240 e. The van der Waals surface area contributed by atoms with Crippen molar-refractivity contribution >= 4 is 17.7 Å². The number of halogens is 1. The average Bonchev–Trinajstić information content (AvgIpc) is 2.81. The lowest BCUT2D eigenvalue weighted by atomic mass is 9.73. The molecule has 1 spiro atoms. The number of carbonyl (C=O) groups is 3. The fourth-order valence-corrected chi connectivity index (χ4v) is 3.86. The molecule has 1 saturated carbocycles. The minimum Gasteiger partial charge on any atom is -0.350 e. The summed E-state index contributed by atoms with van der Waals surface area (Å²) < 4.78 is 13.3. The average molecular weight is 346 g/mol. The lowest BCUT2D eigenvalue weighted by molar-refractivity contribution is -0.145. The molecule has 1 aromatic carbocycles. The molecule has 0 bridgehead atoms. The van der Waals surface area contributed by atoms with Crippen LogP contribution >= 0.6 is 0 Å². The first kappa shape index (κ1) is 17.6. The van der Waals surface area contributed by atoms with Crippen LogP contribution in [-0.2, 0) is 20.9 Å². The third-order valence-corrected chi connectivity index (χ3v) is 5.31. The molecule has 6 heteroatoms. The van der Waals surface area contributed by atoms with E-state index in [-0.39, 0.29) is 43.0 Å². The van der Waals surface area contributed by atoms with E-state index in [1.165, 1.54) is 6.07 Å². The van der Waals surface area contributed by atoms with Gasteiger partial charge in [0, 0.05) is 13.0 Å². The molecule has 1 heterocycles. The van der Waals surface area contributed by atoms with Gasteiger partial charge in [-0.1, -0.05) is 31.4 Å². The van der Waals surface area contributed by atoms with Gasteiger partial charge in [-0.25, -0.2) is 4.39 Å². The van der Waals surface area contributed by atoms with Gasteiger partial charge in [0.25, 0.3) is 0 Å². The Bertz CT molecular complexity index is 711. The summed E-state index contributed by atoms with van der Waals surface area (Å²) in [5.74, 6) is -1.11.